The van der Waals surface area contributed by atoms with Gasteiger partial charge in [-0.05, 0) is 19.1 Å². The minimum absolute atomic E-state index is 0.0834. The normalized spacial score (nSPS) is 11.3. The number of carbonyl (C=O) groups excluding carboxylic acids is 2. The third kappa shape index (κ3) is 6.74. The average molecular weight is 333 g/mol. The Balaban J connectivity index is 2.82. The van der Waals surface area contributed by atoms with E-state index in [4.69, 9.17) is 4.74 Å². The van der Waals surface area contributed by atoms with Crippen molar-refractivity contribution in [3.8, 4) is 0 Å². The summed E-state index contributed by atoms with van der Waals surface area (Å²) in [5.74, 6) is -0.488. The Kier molecular flexibility index (Phi) is 8.83. The molecular formula is C18H23NO3S. The van der Waals surface area contributed by atoms with Crippen molar-refractivity contribution < 1.29 is 14.3 Å². The fourth-order valence-corrected chi connectivity index (χ4v) is 2.98. The molecule has 0 aromatic heterocycles. The SMILES string of the molecule is C=CCN(CC=C)C(=O)CC(Sc1ccccc1)C(=O)OCC. The van der Waals surface area contributed by atoms with E-state index < -0.39 is 5.25 Å². The molecule has 1 atom stereocenters. The van der Waals surface area contributed by atoms with E-state index in [1.54, 1.807) is 24.0 Å². The van der Waals surface area contributed by atoms with E-state index in [0.717, 1.165) is 4.90 Å². The number of rotatable bonds is 10. The first kappa shape index (κ1) is 19.0. The van der Waals surface area contributed by atoms with Crippen molar-refractivity contribution >= 4 is 23.6 Å². The molecule has 5 heteroatoms. The number of ether oxygens (including phenoxy) is 1. The van der Waals surface area contributed by atoms with E-state index in [-0.39, 0.29) is 18.3 Å². The topological polar surface area (TPSA) is 46.6 Å². The van der Waals surface area contributed by atoms with Crippen LogP contribution in [0.15, 0.2) is 60.5 Å². The Bertz CT molecular complexity index is 520. The molecule has 1 amide bonds. The third-order valence-electron chi connectivity index (χ3n) is 2.98. The van der Waals surface area contributed by atoms with Crippen LogP contribution in [0.5, 0.6) is 0 Å². The molecule has 124 valence electrons. The van der Waals surface area contributed by atoms with Crippen molar-refractivity contribution in [2.24, 2.45) is 0 Å². The molecule has 0 saturated heterocycles. The zero-order chi connectivity index (χ0) is 17.1. The van der Waals surface area contributed by atoms with Gasteiger partial charge in [0.2, 0.25) is 5.91 Å². The Hall–Kier alpha value is -2.01. The first-order chi connectivity index (χ1) is 11.1. The molecule has 0 radical (unpaired) electrons. The number of amides is 1. The fourth-order valence-electron chi connectivity index (χ4n) is 1.95. The largest absolute Gasteiger partial charge is 0.465 e. The van der Waals surface area contributed by atoms with Gasteiger partial charge < -0.3 is 9.64 Å². The van der Waals surface area contributed by atoms with Crippen molar-refractivity contribution in [3.05, 3.63) is 55.6 Å². The molecule has 0 aliphatic heterocycles. The van der Waals surface area contributed by atoms with E-state index in [9.17, 15) is 9.59 Å². The highest BCUT2D eigenvalue weighted by molar-refractivity contribution is 8.00. The molecule has 0 heterocycles. The van der Waals surface area contributed by atoms with Gasteiger partial charge in [-0.3, -0.25) is 9.59 Å². The van der Waals surface area contributed by atoms with Crippen LogP contribution in [-0.4, -0.2) is 41.7 Å². The van der Waals surface area contributed by atoms with Crippen molar-refractivity contribution in [3.63, 3.8) is 0 Å². The summed E-state index contributed by atoms with van der Waals surface area (Å²) >= 11 is 1.34. The summed E-state index contributed by atoms with van der Waals surface area (Å²) in [5, 5.41) is -0.568. The summed E-state index contributed by atoms with van der Waals surface area (Å²) in [4.78, 5) is 27.1. The van der Waals surface area contributed by atoms with Crippen LogP contribution >= 0.6 is 11.8 Å². The Morgan fingerprint density at radius 3 is 2.35 bits per heavy atom. The molecule has 0 N–H and O–H groups in total. The van der Waals surface area contributed by atoms with Gasteiger partial charge in [-0.15, -0.1) is 24.9 Å². The lowest BCUT2D eigenvalue weighted by molar-refractivity contribution is -0.144. The summed E-state index contributed by atoms with van der Waals surface area (Å²) < 4.78 is 5.11. The second kappa shape index (κ2) is 10.7. The van der Waals surface area contributed by atoms with Gasteiger partial charge in [-0.25, -0.2) is 0 Å². The van der Waals surface area contributed by atoms with Crippen LogP contribution < -0.4 is 0 Å². The number of hydrogen-bond donors (Lipinski definition) is 0. The van der Waals surface area contributed by atoms with Gasteiger partial charge in [0.15, 0.2) is 0 Å². The van der Waals surface area contributed by atoms with Crippen LogP contribution in [0.1, 0.15) is 13.3 Å². The fraction of sp³-hybridized carbons (Fsp3) is 0.333. The van der Waals surface area contributed by atoms with Crippen LogP contribution in [0.25, 0.3) is 0 Å². The second-order valence-corrected chi connectivity index (χ2v) is 6.03. The first-order valence-corrected chi connectivity index (χ1v) is 8.38. The maximum atomic E-state index is 12.4. The number of carbonyl (C=O) groups is 2. The molecule has 0 bridgehead atoms. The molecule has 0 fully saturated rings. The lowest BCUT2D eigenvalue weighted by Gasteiger charge is -2.22. The summed E-state index contributed by atoms with van der Waals surface area (Å²) in [6.45, 7) is 10.2. The lowest BCUT2D eigenvalue weighted by Crippen LogP contribution is -2.35. The predicted molar refractivity (Wildman–Crippen MR) is 94.3 cm³/mol. The smallest absolute Gasteiger partial charge is 0.319 e. The third-order valence-corrected chi connectivity index (χ3v) is 4.17. The minimum atomic E-state index is -0.568. The molecule has 0 spiro atoms. The van der Waals surface area contributed by atoms with E-state index in [2.05, 4.69) is 13.2 Å². The first-order valence-electron chi connectivity index (χ1n) is 7.50. The monoisotopic (exact) mass is 333 g/mol. The summed E-state index contributed by atoms with van der Waals surface area (Å²) in [7, 11) is 0. The lowest BCUT2D eigenvalue weighted by atomic mass is 10.2. The molecule has 0 aliphatic carbocycles. The maximum Gasteiger partial charge on any atom is 0.319 e. The number of hydrogen-bond acceptors (Lipinski definition) is 4. The van der Waals surface area contributed by atoms with Gasteiger partial charge in [0.05, 0.1) is 6.61 Å². The number of nitrogens with zero attached hydrogens (tertiary/aromatic N) is 1. The van der Waals surface area contributed by atoms with Gasteiger partial charge in [-0.1, -0.05) is 30.4 Å². The summed E-state index contributed by atoms with van der Waals surface area (Å²) in [6, 6.07) is 9.52. The summed E-state index contributed by atoms with van der Waals surface area (Å²) in [5.41, 5.74) is 0. The van der Waals surface area contributed by atoms with Crippen molar-refractivity contribution in [1.82, 2.24) is 4.90 Å². The molecule has 23 heavy (non-hydrogen) atoms. The standard InChI is InChI=1S/C18H23NO3S/c1-4-12-19(13-5-2)17(20)14-16(18(21)22-6-3)23-15-10-8-7-9-11-15/h4-5,7-11,16H,1-2,6,12-14H2,3H3. The van der Waals surface area contributed by atoms with Crippen LogP contribution in [0.3, 0.4) is 0 Å². The molecule has 1 aromatic carbocycles. The van der Waals surface area contributed by atoms with Crippen molar-refractivity contribution in [1.29, 1.82) is 0 Å². The van der Waals surface area contributed by atoms with Crippen molar-refractivity contribution in [2.45, 2.75) is 23.5 Å². The Morgan fingerprint density at radius 2 is 1.83 bits per heavy atom. The molecule has 4 nitrogen and oxygen atoms in total. The van der Waals surface area contributed by atoms with Gasteiger partial charge in [-0.2, -0.15) is 0 Å². The summed E-state index contributed by atoms with van der Waals surface area (Å²) in [6.07, 6.45) is 3.40. The molecule has 1 unspecified atom stereocenters. The van der Waals surface area contributed by atoms with Gasteiger partial charge >= 0.3 is 5.97 Å². The number of esters is 1. The minimum Gasteiger partial charge on any atom is -0.465 e. The number of thioether (sulfide) groups is 1. The van der Waals surface area contributed by atoms with E-state index in [1.165, 1.54) is 11.8 Å². The van der Waals surface area contributed by atoms with Crippen molar-refractivity contribution in [2.75, 3.05) is 19.7 Å². The maximum absolute atomic E-state index is 12.4. The van der Waals surface area contributed by atoms with Gasteiger partial charge in [0, 0.05) is 24.4 Å². The number of benzene rings is 1. The molecule has 1 aromatic rings. The molecule has 0 aliphatic rings. The molecule has 1 rings (SSSR count). The quantitative estimate of drug-likeness (QED) is 0.374. The Morgan fingerprint density at radius 1 is 1.22 bits per heavy atom. The van der Waals surface area contributed by atoms with E-state index in [0.29, 0.717) is 19.7 Å². The average Bonchev–Trinajstić information content (AvgIpc) is 2.55. The van der Waals surface area contributed by atoms with Gasteiger partial charge in [0.1, 0.15) is 5.25 Å². The molecule has 0 saturated carbocycles. The molecular weight excluding hydrogens is 310 g/mol. The highest BCUT2D eigenvalue weighted by Crippen LogP contribution is 2.26. The zero-order valence-corrected chi connectivity index (χ0v) is 14.3. The highest BCUT2D eigenvalue weighted by atomic mass is 32.2. The Labute approximate surface area is 142 Å². The van der Waals surface area contributed by atoms with Crippen LogP contribution in [0.4, 0.5) is 0 Å². The van der Waals surface area contributed by atoms with E-state index >= 15 is 0 Å². The zero-order valence-electron chi connectivity index (χ0n) is 13.4. The van der Waals surface area contributed by atoms with Crippen LogP contribution in [-0.2, 0) is 14.3 Å². The predicted octanol–water partition coefficient (Wildman–Crippen LogP) is 3.30. The van der Waals surface area contributed by atoms with Crippen LogP contribution in [0, 0.1) is 0 Å². The van der Waals surface area contributed by atoms with Crippen LogP contribution in [0.2, 0.25) is 0 Å². The van der Waals surface area contributed by atoms with Gasteiger partial charge in [0.25, 0.3) is 0 Å². The highest BCUT2D eigenvalue weighted by Gasteiger charge is 2.26. The second-order valence-electron chi connectivity index (χ2n) is 4.75. The van der Waals surface area contributed by atoms with E-state index in [1.807, 2.05) is 30.3 Å².